The molecule has 3 rings (SSSR count). The normalized spacial score (nSPS) is 23.1. The quantitative estimate of drug-likeness (QED) is 0.586. The van der Waals surface area contributed by atoms with Gasteiger partial charge in [-0.05, 0) is 47.8 Å². The van der Waals surface area contributed by atoms with Crippen molar-refractivity contribution in [2.45, 2.75) is 38.5 Å². The molecule has 0 aliphatic heterocycles. The molecule has 0 aromatic heterocycles. The molecule has 0 heteroatoms. The summed E-state index contributed by atoms with van der Waals surface area (Å²) in [5, 5.41) is 0. The number of hydrogen-bond donors (Lipinski definition) is 0. The maximum Gasteiger partial charge on any atom is -0.0198 e. The Morgan fingerprint density at radius 3 is 2.53 bits per heavy atom. The molecule has 1 spiro atoms. The van der Waals surface area contributed by atoms with Gasteiger partial charge in [0.1, 0.15) is 0 Å². The van der Waals surface area contributed by atoms with Gasteiger partial charge in [-0.25, -0.2) is 0 Å². The van der Waals surface area contributed by atoms with E-state index < -0.39 is 0 Å². The summed E-state index contributed by atoms with van der Waals surface area (Å²) in [5.41, 5.74) is 4.93. The Kier molecular flexibility index (Phi) is 1.98. The first-order valence-electron chi connectivity index (χ1n) is 6.05. The van der Waals surface area contributed by atoms with Gasteiger partial charge in [0.05, 0.1) is 0 Å². The van der Waals surface area contributed by atoms with Crippen molar-refractivity contribution in [2.75, 3.05) is 0 Å². The van der Waals surface area contributed by atoms with Crippen molar-refractivity contribution in [1.29, 1.82) is 0 Å². The van der Waals surface area contributed by atoms with E-state index in [0.717, 1.165) is 0 Å². The summed E-state index contributed by atoms with van der Waals surface area (Å²) in [6, 6.07) is 8.83. The standard InChI is InChI=1S/C15H18/c1-12-10-15(8-4-5-9-15)11-13-6-2-3-7-14(12)13/h2-3,6-7H,1,4-5,8-11H2. The van der Waals surface area contributed by atoms with Crippen LogP contribution >= 0.6 is 0 Å². The van der Waals surface area contributed by atoms with E-state index in [4.69, 9.17) is 0 Å². The van der Waals surface area contributed by atoms with Crippen LogP contribution in [-0.4, -0.2) is 0 Å². The first-order chi connectivity index (χ1) is 7.29. The molecule has 0 heterocycles. The zero-order valence-electron chi connectivity index (χ0n) is 9.26. The topological polar surface area (TPSA) is 0 Å². The van der Waals surface area contributed by atoms with Crippen LogP contribution in [0.2, 0.25) is 0 Å². The number of rotatable bonds is 0. The molecule has 0 saturated heterocycles. The van der Waals surface area contributed by atoms with Gasteiger partial charge in [0.15, 0.2) is 0 Å². The molecular formula is C15H18. The Morgan fingerprint density at radius 2 is 1.73 bits per heavy atom. The van der Waals surface area contributed by atoms with Crippen molar-refractivity contribution in [3.05, 3.63) is 42.0 Å². The third kappa shape index (κ3) is 1.43. The summed E-state index contributed by atoms with van der Waals surface area (Å²) in [4.78, 5) is 0. The van der Waals surface area contributed by atoms with Crippen molar-refractivity contribution in [3.8, 4) is 0 Å². The van der Waals surface area contributed by atoms with Crippen molar-refractivity contribution < 1.29 is 0 Å². The zero-order chi connectivity index (χ0) is 10.3. The average molecular weight is 198 g/mol. The minimum atomic E-state index is 0.589. The van der Waals surface area contributed by atoms with Gasteiger partial charge < -0.3 is 0 Å². The van der Waals surface area contributed by atoms with Gasteiger partial charge in [-0.2, -0.15) is 0 Å². The summed E-state index contributed by atoms with van der Waals surface area (Å²) in [5.74, 6) is 0. The van der Waals surface area contributed by atoms with E-state index in [1.807, 2.05) is 0 Å². The molecule has 15 heavy (non-hydrogen) atoms. The van der Waals surface area contributed by atoms with Gasteiger partial charge in [0.25, 0.3) is 0 Å². The van der Waals surface area contributed by atoms with Gasteiger partial charge in [-0.15, -0.1) is 0 Å². The van der Waals surface area contributed by atoms with Crippen molar-refractivity contribution in [2.24, 2.45) is 5.41 Å². The highest BCUT2D eigenvalue weighted by Crippen LogP contribution is 2.50. The Labute approximate surface area is 92.0 Å². The second-order valence-corrected chi connectivity index (χ2v) is 5.32. The summed E-state index contributed by atoms with van der Waals surface area (Å²) >= 11 is 0. The van der Waals surface area contributed by atoms with Gasteiger partial charge in [-0.3, -0.25) is 0 Å². The number of hydrogen-bond acceptors (Lipinski definition) is 0. The Morgan fingerprint density at radius 1 is 1.00 bits per heavy atom. The molecule has 1 saturated carbocycles. The highest BCUT2D eigenvalue weighted by molar-refractivity contribution is 5.69. The predicted molar refractivity (Wildman–Crippen MR) is 64.7 cm³/mol. The third-order valence-electron chi connectivity index (χ3n) is 4.22. The Hall–Kier alpha value is -1.04. The van der Waals surface area contributed by atoms with Crippen LogP contribution < -0.4 is 0 Å². The summed E-state index contributed by atoms with van der Waals surface area (Å²) in [6.07, 6.45) is 8.22. The van der Waals surface area contributed by atoms with Gasteiger partial charge in [-0.1, -0.05) is 43.7 Å². The third-order valence-corrected chi connectivity index (χ3v) is 4.22. The minimum Gasteiger partial charge on any atom is -0.0952 e. The fourth-order valence-corrected chi connectivity index (χ4v) is 3.51. The maximum atomic E-state index is 4.27. The largest absolute Gasteiger partial charge is 0.0952 e. The SMILES string of the molecule is C=C1CC2(CCCC2)Cc2ccccc21. The lowest BCUT2D eigenvalue weighted by Gasteiger charge is -2.36. The van der Waals surface area contributed by atoms with E-state index in [9.17, 15) is 0 Å². The average Bonchev–Trinajstić information content (AvgIpc) is 2.66. The van der Waals surface area contributed by atoms with Gasteiger partial charge in [0, 0.05) is 0 Å². The molecule has 78 valence electrons. The van der Waals surface area contributed by atoms with Gasteiger partial charge in [0.2, 0.25) is 0 Å². The molecule has 2 aliphatic rings. The van der Waals surface area contributed by atoms with Crippen molar-refractivity contribution >= 4 is 5.57 Å². The van der Waals surface area contributed by atoms with Crippen LogP contribution in [-0.2, 0) is 6.42 Å². The van der Waals surface area contributed by atoms with Crippen LogP contribution in [0.5, 0.6) is 0 Å². The van der Waals surface area contributed by atoms with E-state index in [1.54, 1.807) is 0 Å². The molecule has 0 amide bonds. The molecule has 0 unspecified atom stereocenters. The van der Waals surface area contributed by atoms with E-state index in [2.05, 4.69) is 30.8 Å². The first-order valence-corrected chi connectivity index (χ1v) is 6.05. The molecule has 1 fully saturated rings. The number of benzene rings is 1. The molecule has 1 aromatic carbocycles. The van der Waals surface area contributed by atoms with Crippen LogP contribution in [0.3, 0.4) is 0 Å². The Bertz CT molecular complexity index is 394. The second kappa shape index (κ2) is 3.23. The molecule has 0 N–H and O–H groups in total. The summed E-state index contributed by atoms with van der Waals surface area (Å²) in [7, 11) is 0. The van der Waals surface area contributed by atoms with Crippen LogP contribution in [0.4, 0.5) is 0 Å². The van der Waals surface area contributed by atoms with Gasteiger partial charge >= 0.3 is 0 Å². The fraction of sp³-hybridized carbons (Fsp3) is 0.467. The molecule has 0 radical (unpaired) electrons. The van der Waals surface area contributed by atoms with E-state index >= 15 is 0 Å². The zero-order valence-corrected chi connectivity index (χ0v) is 9.26. The number of allylic oxidation sites excluding steroid dienone is 1. The van der Waals surface area contributed by atoms with Crippen LogP contribution in [0.15, 0.2) is 30.8 Å². The molecule has 0 nitrogen and oxygen atoms in total. The predicted octanol–water partition coefficient (Wildman–Crippen LogP) is 4.21. The lowest BCUT2D eigenvalue weighted by atomic mass is 9.69. The first kappa shape index (κ1) is 9.21. The Balaban J connectivity index is 2.02. The van der Waals surface area contributed by atoms with Crippen LogP contribution in [0.25, 0.3) is 5.57 Å². The van der Waals surface area contributed by atoms with E-state index in [-0.39, 0.29) is 0 Å². The molecule has 0 bridgehead atoms. The minimum absolute atomic E-state index is 0.589. The monoisotopic (exact) mass is 198 g/mol. The lowest BCUT2D eigenvalue weighted by molar-refractivity contribution is 0.296. The van der Waals surface area contributed by atoms with Crippen molar-refractivity contribution in [3.63, 3.8) is 0 Å². The van der Waals surface area contributed by atoms with Crippen molar-refractivity contribution in [1.82, 2.24) is 0 Å². The molecule has 1 aromatic rings. The molecule has 2 aliphatic carbocycles. The fourth-order valence-electron chi connectivity index (χ4n) is 3.51. The second-order valence-electron chi connectivity index (χ2n) is 5.32. The summed E-state index contributed by atoms with van der Waals surface area (Å²) < 4.78 is 0. The van der Waals surface area contributed by atoms with E-state index in [1.165, 1.54) is 55.2 Å². The summed E-state index contributed by atoms with van der Waals surface area (Å²) in [6.45, 7) is 4.27. The number of fused-ring (bicyclic) bond motifs is 1. The molecular weight excluding hydrogens is 180 g/mol. The van der Waals surface area contributed by atoms with Crippen LogP contribution in [0.1, 0.15) is 43.2 Å². The highest BCUT2D eigenvalue weighted by atomic mass is 14.4. The van der Waals surface area contributed by atoms with E-state index in [0.29, 0.717) is 5.41 Å². The van der Waals surface area contributed by atoms with Crippen LogP contribution in [0, 0.1) is 5.41 Å². The maximum absolute atomic E-state index is 4.27. The molecule has 0 atom stereocenters. The lowest BCUT2D eigenvalue weighted by Crippen LogP contribution is -2.24. The highest BCUT2D eigenvalue weighted by Gasteiger charge is 2.37. The smallest absolute Gasteiger partial charge is 0.0198 e.